The monoisotopic (exact) mass is 899 g/mol. The Hall–Kier alpha value is -9.06. The van der Waals surface area contributed by atoms with Crippen LogP contribution in [0.25, 0.3) is 88.6 Å². The van der Waals surface area contributed by atoms with Gasteiger partial charge in [-0.15, -0.1) is 0 Å². The van der Waals surface area contributed by atoms with Gasteiger partial charge < -0.3 is 14.0 Å². The number of aromatic nitrogens is 4. The van der Waals surface area contributed by atoms with E-state index in [1.165, 1.54) is 72.1 Å². The Morgan fingerprint density at radius 3 is 1.94 bits per heavy atom. The molecule has 0 N–H and O–H groups in total. The number of hydrogen-bond donors (Lipinski definition) is 0. The molecule has 2 aliphatic rings. The Morgan fingerprint density at radius 2 is 1.20 bits per heavy atom. The summed E-state index contributed by atoms with van der Waals surface area (Å²) in [6, 6.07) is 66.9. The molecule has 0 bridgehead atoms. The largest absolute Gasteiger partial charge is 0.310 e. The molecule has 0 amide bonds. The number of aryl methyl sites for hydroxylation is 1. The molecule has 0 saturated carbocycles. The summed E-state index contributed by atoms with van der Waals surface area (Å²) in [5.41, 5.74) is 22.0. The number of pyridine rings is 2. The van der Waals surface area contributed by atoms with Crippen LogP contribution in [0, 0.1) is 0 Å². The highest BCUT2D eigenvalue weighted by Crippen LogP contribution is 2.55. The molecule has 0 radical (unpaired) electrons. The highest BCUT2D eigenvalue weighted by atomic mass is 15.2. The number of anilines is 3. The molecule has 0 aliphatic carbocycles. The molecule has 7 aromatic carbocycles. The van der Waals surface area contributed by atoms with Crippen molar-refractivity contribution in [3.05, 3.63) is 261 Å². The highest BCUT2D eigenvalue weighted by molar-refractivity contribution is 6.20. The fourth-order valence-electron chi connectivity index (χ4n) is 11.6. The lowest BCUT2D eigenvalue weighted by Gasteiger charge is -2.35. The van der Waals surface area contributed by atoms with Gasteiger partial charge in [0.05, 0.1) is 55.7 Å². The molecule has 1 atom stereocenters. The third-order valence-electron chi connectivity index (χ3n) is 14.6. The first-order valence-corrected chi connectivity index (χ1v) is 23.9. The standard InChI is InChI=1S/C65H49N5/c1-6-19-44(7-2)42(3)38-43(4)68-57-27-12-11-22-49(57)53-40-54-52-39-46(32-35-58(52)69(62(54)41-61(53)68)47-20-9-8-10-21-47)45-30-33-48(34-31-45)70-59-28-17-23-50(55-25-13-15-36-66(55)5)63(59)65-64-51(24-18-29-60(64)70)56-26-14-16-37-67(56)65/h6-41,65H,1-2,4H2,3,5H3/q+2/b42-38+,44-19+. The zero-order valence-electron chi connectivity index (χ0n) is 39.2. The van der Waals surface area contributed by atoms with Gasteiger partial charge in [-0.2, -0.15) is 4.57 Å². The fourth-order valence-corrected chi connectivity index (χ4v) is 11.6. The van der Waals surface area contributed by atoms with Crippen LogP contribution < -0.4 is 14.0 Å². The summed E-state index contributed by atoms with van der Waals surface area (Å²) < 4.78 is 9.40. The van der Waals surface area contributed by atoms with Gasteiger partial charge in [-0.1, -0.05) is 105 Å². The van der Waals surface area contributed by atoms with E-state index in [0.29, 0.717) is 0 Å². The van der Waals surface area contributed by atoms with Crippen LogP contribution >= 0.6 is 0 Å². The van der Waals surface area contributed by atoms with Crippen molar-refractivity contribution in [3.8, 4) is 39.3 Å². The number of fused-ring (bicyclic) bond motifs is 11. The lowest BCUT2D eigenvalue weighted by atomic mass is 9.85. The minimum absolute atomic E-state index is 0.0436. The molecule has 6 heterocycles. The van der Waals surface area contributed by atoms with Crippen LogP contribution in [0.15, 0.2) is 250 Å². The molecule has 332 valence electrons. The maximum absolute atomic E-state index is 4.65. The molecule has 0 fully saturated rings. The summed E-state index contributed by atoms with van der Waals surface area (Å²) in [6.45, 7) is 14.7. The van der Waals surface area contributed by atoms with E-state index in [1.54, 1.807) is 6.08 Å². The van der Waals surface area contributed by atoms with Crippen LogP contribution in [0.4, 0.5) is 17.1 Å². The van der Waals surface area contributed by atoms with Crippen molar-refractivity contribution < 1.29 is 9.13 Å². The molecular formula is C65H49N5+2. The van der Waals surface area contributed by atoms with E-state index < -0.39 is 0 Å². The first-order valence-electron chi connectivity index (χ1n) is 23.9. The lowest BCUT2D eigenvalue weighted by molar-refractivity contribution is -0.688. The molecule has 70 heavy (non-hydrogen) atoms. The topological polar surface area (TPSA) is 20.9 Å². The number of rotatable bonds is 9. The molecule has 11 aromatic rings. The van der Waals surface area contributed by atoms with Gasteiger partial charge in [0.25, 0.3) is 0 Å². The summed E-state index contributed by atoms with van der Waals surface area (Å²) in [5, 5.41) is 4.77. The van der Waals surface area contributed by atoms with Gasteiger partial charge in [-0.25, -0.2) is 4.57 Å². The van der Waals surface area contributed by atoms with E-state index in [1.807, 2.05) is 12.2 Å². The average molecular weight is 900 g/mol. The normalized spacial score (nSPS) is 14.0. The van der Waals surface area contributed by atoms with E-state index >= 15 is 0 Å². The quantitative estimate of drug-likeness (QED) is 0.104. The summed E-state index contributed by atoms with van der Waals surface area (Å²) in [4.78, 5) is 2.48. The van der Waals surface area contributed by atoms with Crippen molar-refractivity contribution in [2.24, 2.45) is 7.05 Å². The second-order valence-corrected chi connectivity index (χ2v) is 18.5. The molecule has 0 spiro atoms. The molecule has 13 rings (SSSR count). The van der Waals surface area contributed by atoms with Crippen molar-refractivity contribution >= 4 is 66.4 Å². The SMILES string of the molecule is C=C/C=C(C=C)/C(C)=C/C(=C)n1c2ccccc2c2cc3c4cc(-c5ccc(N6c7cccc(-c8cccc[n+]8C)c7C7c8c(cccc86)-c6cccc[n+]67)cc5)ccc4n(-c4ccccc4)c3cc21. The van der Waals surface area contributed by atoms with Gasteiger partial charge in [0, 0.05) is 62.9 Å². The smallest absolute Gasteiger partial charge is 0.215 e. The minimum Gasteiger partial charge on any atom is -0.310 e. The predicted octanol–water partition coefficient (Wildman–Crippen LogP) is 15.5. The van der Waals surface area contributed by atoms with Crippen LogP contribution in [0.5, 0.6) is 0 Å². The van der Waals surface area contributed by atoms with Crippen molar-refractivity contribution in [1.29, 1.82) is 0 Å². The van der Waals surface area contributed by atoms with Gasteiger partial charge >= 0.3 is 0 Å². The van der Waals surface area contributed by atoms with E-state index in [9.17, 15) is 0 Å². The molecule has 5 nitrogen and oxygen atoms in total. The Labute approximate surface area is 407 Å². The Morgan fingerprint density at radius 1 is 0.543 bits per heavy atom. The third-order valence-corrected chi connectivity index (χ3v) is 14.6. The second-order valence-electron chi connectivity index (χ2n) is 18.5. The molecule has 5 heteroatoms. The maximum Gasteiger partial charge on any atom is 0.215 e. The van der Waals surface area contributed by atoms with E-state index in [2.05, 4.69) is 257 Å². The molecule has 2 aliphatic heterocycles. The number of hydrogen-bond acceptors (Lipinski definition) is 1. The number of allylic oxidation sites excluding steroid dienone is 7. The van der Waals surface area contributed by atoms with Crippen molar-refractivity contribution in [3.63, 3.8) is 0 Å². The lowest BCUT2D eigenvalue weighted by Crippen LogP contribution is -2.41. The summed E-state index contributed by atoms with van der Waals surface area (Å²) >= 11 is 0. The summed E-state index contributed by atoms with van der Waals surface area (Å²) in [7, 11) is 2.14. The fraction of sp³-hybridized carbons (Fsp3) is 0.0462. The van der Waals surface area contributed by atoms with Crippen LogP contribution in [-0.4, -0.2) is 9.13 Å². The Bertz CT molecular complexity index is 4080. The van der Waals surface area contributed by atoms with Gasteiger partial charge in [-0.05, 0) is 126 Å². The Balaban J connectivity index is 0.968. The van der Waals surface area contributed by atoms with E-state index in [0.717, 1.165) is 55.8 Å². The van der Waals surface area contributed by atoms with Gasteiger partial charge in [0.1, 0.15) is 7.05 Å². The number of benzene rings is 7. The Kier molecular flexibility index (Phi) is 9.43. The van der Waals surface area contributed by atoms with Gasteiger partial charge in [0.2, 0.25) is 17.4 Å². The van der Waals surface area contributed by atoms with Crippen molar-refractivity contribution in [2.75, 3.05) is 4.90 Å². The van der Waals surface area contributed by atoms with E-state index in [4.69, 9.17) is 0 Å². The van der Waals surface area contributed by atoms with Gasteiger partial charge in [0.15, 0.2) is 12.4 Å². The zero-order valence-corrected chi connectivity index (χ0v) is 39.2. The van der Waals surface area contributed by atoms with Crippen LogP contribution in [-0.2, 0) is 7.05 Å². The van der Waals surface area contributed by atoms with E-state index in [-0.39, 0.29) is 6.04 Å². The highest BCUT2D eigenvalue weighted by Gasteiger charge is 2.47. The molecule has 1 unspecified atom stereocenters. The second kappa shape index (κ2) is 16.0. The number of para-hydroxylation sites is 2. The first kappa shape index (κ1) is 41.2. The molecule has 0 saturated heterocycles. The summed E-state index contributed by atoms with van der Waals surface area (Å²) in [6.07, 6.45) is 12.2. The molecular weight excluding hydrogens is 851 g/mol. The van der Waals surface area contributed by atoms with Crippen molar-refractivity contribution in [1.82, 2.24) is 9.13 Å². The average Bonchev–Trinajstić information content (AvgIpc) is 4.03. The first-order chi connectivity index (χ1) is 34.4. The number of nitrogens with zero attached hydrogens (tertiary/aromatic N) is 5. The minimum atomic E-state index is 0.0436. The van der Waals surface area contributed by atoms with Gasteiger partial charge in [-0.3, -0.25) is 0 Å². The van der Waals surface area contributed by atoms with Crippen LogP contribution in [0.2, 0.25) is 0 Å². The van der Waals surface area contributed by atoms with Crippen molar-refractivity contribution in [2.45, 2.75) is 13.0 Å². The summed E-state index contributed by atoms with van der Waals surface area (Å²) in [5.74, 6) is 0. The zero-order chi connectivity index (χ0) is 47.2. The molecule has 4 aromatic heterocycles. The van der Waals surface area contributed by atoms with Crippen LogP contribution in [0.1, 0.15) is 24.1 Å². The predicted molar refractivity (Wildman–Crippen MR) is 291 cm³/mol. The maximum atomic E-state index is 4.65. The van der Waals surface area contributed by atoms with Crippen LogP contribution in [0.3, 0.4) is 0 Å². The third kappa shape index (κ3) is 6.11.